The summed E-state index contributed by atoms with van der Waals surface area (Å²) in [4.78, 5) is 0. The lowest BCUT2D eigenvalue weighted by atomic mass is 10.1. The van der Waals surface area contributed by atoms with Crippen LogP contribution in [0.4, 0.5) is 4.39 Å². The van der Waals surface area contributed by atoms with E-state index in [2.05, 4.69) is 15.9 Å². The monoisotopic (exact) mass is 278 g/mol. The fraction of sp³-hybridized carbons (Fsp3) is 0.400. The molecular formula is C10H12BrFO3. The molecule has 1 aromatic rings. The van der Waals surface area contributed by atoms with E-state index in [1.165, 1.54) is 20.3 Å². The Morgan fingerprint density at radius 1 is 1.40 bits per heavy atom. The van der Waals surface area contributed by atoms with E-state index in [-0.39, 0.29) is 13.0 Å². The van der Waals surface area contributed by atoms with Gasteiger partial charge in [-0.1, -0.05) is 0 Å². The quantitative estimate of drug-likeness (QED) is 0.917. The second-order valence-corrected chi connectivity index (χ2v) is 3.71. The van der Waals surface area contributed by atoms with Crippen molar-refractivity contribution in [2.24, 2.45) is 0 Å². The first-order valence-electron chi connectivity index (χ1n) is 4.35. The van der Waals surface area contributed by atoms with Crippen LogP contribution in [-0.4, -0.2) is 25.9 Å². The maximum Gasteiger partial charge on any atom is 0.166 e. The van der Waals surface area contributed by atoms with Crippen molar-refractivity contribution >= 4 is 15.9 Å². The number of benzene rings is 1. The molecular weight excluding hydrogens is 267 g/mol. The van der Waals surface area contributed by atoms with Gasteiger partial charge in [0.1, 0.15) is 5.82 Å². The van der Waals surface area contributed by atoms with Gasteiger partial charge in [-0.25, -0.2) is 4.39 Å². The minimum atomic E-state index is -0.429. The van der Waals surface area contributed by atoms with Crippen LogP contribution in [-0.2, 0) is 6.42 Å². The number of aliphatic hydroxyl groups excluding tert-OH is 1. The van der Waals surface area contributed by atoms with Gasteiger partial charge in [0.25, 0.3) is 0 Å². The Balaban J connectivity index is 3.35. The fourth-order valence-electron chi connectivity index (χ4n) is 1.35. The SMILES string of the molecule is COc1cc(Br)c(F)c(CCO)c1OC. The van der Waals surface area contributed by atoms with Crippen LogP contribution in [0.5, 0.6) is 11.5 Å². The van der Waals surface area contributed by atoms with Crippen LogP contribution in [0.25, 0.3) is 0 Å². The molecule has 0 radical (unpaired) electrons. The van der Waals surface area contributed by atoms with E-state index in [4.69, 9.17) is 14.6 Å². The van der Waals surface area contributed by atoms with E-state index in [1.807, 2.05) is 0 Å². The molecule has 0 bridgehead atoms. The standard InChI is InChI=1S/C10H12BrFO3/c1-14-8-5-7(11)9(12)6(3-4-13)10(8)15-2/h5,13H,3-4H2,1-2H3. The second kappa shape index (κ2) is 5.32. The maximum atomic E-state index is 13.7. The molecule has 3 nitrogen and oxygen atoms in total. The Hall–Kier alpha value is -0.810. The van der Waals surface area contributed by atoms with Crippen molar-refractivity contribution in [3.63, 3.8) is 0 Å². The van der Waals surface area contributed by atoms with E-state index in [9.17, 15) is 4.39 Å². The summed E-state index contributed by atoms with van der Waals surface area (Å²) in [6, 6.07) is 1.50. The average Bonchev–Trinajstić information content (AvgIpc) is 2.24. The second-order valence-electron chi connectivity index (χ2n) is 2.86. The molecule has 0 spiro atoms. The lowest BCUT2D eigenvalue weighted by molar-refractivity contribution is 0.291. The normalized spacial score (nSPS) is 10.2. The van der Waals surface area contributed by atoms with Gasteiger partial charge < -0.3 is 14.6 Å². The first kappa shape index (κ1) is 12.3. The highest BCUT2D eigenvalue weighted by Crippen LogP contribution is 2.37. The zero-order valence-electron chi connectivity index (χ0n) is 8.51. The third kappa shape index (κ3) is 2.41. The highest BCUT2D eigenvalue weighted by atomic mass is 79.9. The van der Waals surface area contributed by atoms with Crippen molar-refractivity contribution < 1.29 is 19.0 Å². The number of hydrogen-bond acceptors (Lipinski definition) is 3. The summed E-state index contributed by atoms with van der Waals surface area (Å²) in [5, 5.41) is 8.84. The third-order valence-electron chi connectivity index (χ3n) is 2.02. The molecule has 5 heteroatoms. The van der Waals surface area contributed by atoms with Crippen LogP contribution in [0.1, 0.15) is 5.56 Å². The molecule has 0 amide bonds. The van der Waals surface area contributed by atoms with Gasteiger partial charge in [0.2, 0.25) is 0 Å². The first-order chi connectivity index (χ1) is 7.15. The summed E-state index contributed by atoms with van der Waals surface area (Å²) in [6.45, 7) is -0.146. The van der Waals surface area contributed by atoms with Crippen molar-refractivity contribution in [3.8, 4) is 11.5 Å². The van der Waals surface area contributed by atoms with Gasteiger partial charge in [0.15, 0.2) is 11.5 Å². The molecule has 0 saturated carbocycles. The Labute approximate surface area is 95.9 Å². The number of hydrogen-bond donors (Lipinski definition) is 1. The third-order valence-corrected chi connectivity index (χ3v) is 2.59. The molecule has 1 N–H and O–H groups in total. The Kier molecular flexibility index (Phi) is 4.35. The number of methoxy groups -OCH3 is 2. The smallest absolute Gasteiger partial charge is 0.166 e. The summed E-state index contributed by atoms with van der Waals surface area (Å²) < 4.78 is 24.1. The van der Waals surface area contributed by atoms with Crippen LogP contribution < -0.4 is 9.47 Å². The molecule has 0 fully saturated rings. The molecule has 0 heterocycles. The lowest BCUT2D eigenvalue weighted by Gasteiger charge is -2.14. The first-order valence-corrected chi connectivity index (χ1v) is 5.14. The van der Waals surface area contributed by atoms with Crippen LogP contribution in [0.2, 0.25) is 0 Å². The minimum absolute atomic E-state index is 0.146. The average molecular weight is 279 g/mol. The molecule has 0 unspecified atom stereocenters. The summed E-state index contributed by atoms with van der Waals surface area (Å²) >= 11 is 3.08. The molecule has 0 aliphatic rings. The molecule has 15 heavy (non-hydrogen) atoms. The Bertz CT molecular complexity index is 355. The molecule has 0 atom stereocenters. The van der Waals surface area contributed by atoms with Gasteiger partial charge in [-0.15, -0.1) is 0 Å². The van der Waals surface area contributed by atoms with Crippen LogP contribution in [0.3, 0.4) is 0 Å². The largest absolute Gasteiger partial charge is 0.493 e. The topological polar surface area (TPSA) is 38.7 Å². The summed E-state index contributed by atoms with van der Waals surface area (Å²) in [6.07, 6.45) is 0.185. The zero-order valence-corrected chi connectivity index (χ0v) is 10.1. The Morgan fingerprint density at radius 2 is 2.07 bits per heavy atom. The Morgan fingerprint density at radius 3 is 2.53 bits per heavy atom. The fourth-order valence-corrected chi connectivity index (χ4v) is 1.79. The highest BCUT2D eigenvalue weighted by molar-refractivity contribution is 9.10. The number of halogens is 2. The van der Waals surface area contributed by atoms with Gasteiger partial charge in [0.05, 0.1) is 18.7 Å². The summed E-state index contributed by atoms with van der Waals surface area (Å²) in [5.74, 6) is 0.336. The van der Waals surface area contributed by atoms with Crippen LogP contribution >= 0.6 is 15.9 Å². The highest BCUT2D eigenvalue weighted by Gasteiger charge is 2.17. The number of aliphatic hydroxyl groups is 1. The predicted molar refractivity (Wildman–Crippen MR) is 58.0 cm³/mol. The van der Waals surface area contributed by atoms with Crippen LogP contribution in [0.15, 0.2) is 10.5 Å². The maximum absolute atomic E-state index is 13.7. The van der Waals surface area contributed by atoms with Gasteiger partial charge in [-0.05, 0) is 15.9 Å². The molecule has 0 aromatic heterocycles. The molecule has 0 aliphatic carbocycles. The van der Waals surface area contributed by atoms with E-state index in [0.717, 1.165) is 0 Å². The molecule has 1 rings (SSSR count). The van der Waals surface area contributed by atoms with Gasteiger partial charge in [-0.3, -0.25) is 0 Å². The van der Waals surface area contributed by atoms with E-state index in [1.54, 1.807) is 0 Å². The van der Waals surface area contributed by atoms with Crippen molar-refractivity contribution in [3.05, 3.63) is 21.9 Å². The molecule has 0 aliphatic heterocycles. The van der Waals surface area contributed by atoms with E-state index in [0.29, 0.717) is 21.5 Å². The van der Waals surface area contributed by atoms with Gasteiger partial charge in [-0.2, -0.15) is 0 Å². The number of rotatable bonds is 4. The van der Waals surface area contributed by atoms with Crippen molar-refractivity contribution in [2.75, 3.05) is 20.8 Å². The van der Waals surface area contributed by atoms with Crippen molar-refractivity contribution in [1.82, 2.24) is 0 Å². The van der Waals surface area contributed by atoms with Crippen molar-refractivity contribution in [2.45, 2.75) is 6.42 Å². The predicted octanol–water partition coefficient (Wildman–Crippen LogP) is 2.14. The molecule has 0 saturated heterocycles. The molecule has 84 valence electrons. The lowest BCUT2D eigenvalue weighted by Crippen LogP contribution is -2.02. The summed E-state index contributed by atoms with van der Waals surface area (Å²) in [7, 11) is 2.91. The van der Waals surface area contributed by atoms with Gasteiger partial charge in [0, 0.05) is 24.7 Å². The zero-order chi connectivity index (χ0) is 11.4. The molecule has 1 aromatic carbocycles. The minimum Gasteiger partial charge on any atom is -0.493 e. The van der Waals surface area contributed by atoms with Crippen molar-refractivity contribution in [1.29, 1.82) is 0 Å². The van der Waals surface area contributed by atoms with E-state index >= 15 is 0 Å². The van der Waals surface area contributed by atoms with Crippen LogP contribution in [0, 0.1) is 5.82 Å². The van der Waals surface area contributed by atoms with E-state index < -0.39 is 5.82 Å². The number of ether oxygens (including phenoxy) is 2. The summed E-state index contributed by atoms with van der Waals surface area (Å²) in [5.41, 5.74) is 0.311. The van der Waals surface area contributed by atoms with Gasteiger partial charge >= 0.3 is 0 Å².